The third kappa shape index (κ3) is 3.67. The maximum absolute atomic E-state index is 11.1. The second-order valence-electron chi connectivity index (χ2n) is 1.12. The Morgan fingerprint density at radius 1 is 1.67 bits per heavy atom. The molecule has 0 atom stereocenters. The zero-order valence-corrected chi connectivity index (χ0v) is 3.78. The number of unbranched alkanes of at least 4 members (excludes halogenated alkanes) is 1. The summed E-state index contributed by atoms with van der Waals surface area (Å²) in [5, 5.41) is 0. The first-order valence-corrected chi connectivity index (χ1v) is 2.08. The summed E-state index contributed by atoms with van der Waals surface area (Å²) in [6.07, 6.45) is 3.15. The standard InChI is InChI=1S/C5H9F/c1-2-3-4-5-6/h2H,1,3-5H2/i6-1. The van der Waals surface area contributed by atoms with Gasteiger partial charge in [0.15, 0.2) is 0 Å². The minimum Gasteiger partial charge on any atom is -0.251 e. The fraction of sp³-hybridized carbons (Fsp3) is 0.600. The molecule has 0 saturated carbocycles. The van der Waals surface area contributed by atoms with E-state index in [0.717, 1.165) is 6.42 Å². The van der Waals surface area contributed by atoms with Crippen molar-refractivity contribution in [3.8, 4) is 0 Å². The third-order valence-corrected chi connectivity index (χ3v) is 0.542. The summed E-state index contributed by atoms with van der Waals surface area (Å²) in [6.45, 7) is 3.22. The molecule has 0 nitrogen and oxygen atoms in total. The molecule has 0 bridgehead atoms. The Morgan fingerprint density at radius 3 is 2.50 bits per heavy atom. The van der Waals surface area contributed by atoms with E-state index in [1.54, 1.807) is 6.08 Å². The number of hydrogen-bond donors (Lipinski definition) is 0. The van der Waals surface area contributed by atoms with Crippen molar-refractivity contribution in [1.82, 2.24) is 0 Å². The van der Waals surface area contributed by atoms with Crippen LogP contribution >= 0.6 is 0 Å². The Labute approximate surface area is 37.7 Å². The normalized spacial score (nSPS) is 8.17. The SMILES string of the molecule is C=CCCC[18F]. The second-order valence-corrected chi connectivity index (χ2v) is 1.12. The van der Waals surface area contributed by atoms with Gasteiger partial charge in [0.2, 0.25) is 0 Å². The first-order valence-electron chi connectivity index (χ1n) is 2.08. The van der Waals surface area contributed by atoms with Crippen LogP contribution in [0.1, 0.15) is 12.8 Å². The Balaban J connectivity index is 2.49. The molecule has 0 radical (unpaired) electrons. The zero-order chi connectivity index (χ0) is 4.83. The Morgan fingerprint density at radius 2 is 2.33 bits per heavy atom. The molecule has 0 aromatic carbocycles. The highest BCUT2D eigenvalue weighted by atomic mass is 18.2. The number of halogens is 1. The average molecular weight is 87.1 g/mol. The minimum absolute atomic E-state index is 0.216. The summed E-state index contributed by atoms with van der Waals surface area (Å²) in [7, 11) is 0. The van der Waals surface area contributed by atoms with Crippen LogP contribution in [0.4, 0.5) is 4.39 Å². The molecule has 0 fully saturated rings. The highest BCUT2D eigenvalue weighted by Crippen LogP contribution is 1.86. The monoisotopic (exact) mass is 87.1 g/mol. The summed E-state index contributed by atoms with van der Waals surface area (Å²) in [6, 6.07) is 0. The molecule has 0 N–H and O–H groups in total. The van der Waals surface area contributed by atoms with E-state index in [2.05, 4.69) is 6.58 Å². The van der Waals surface area contributed by atoms with Gasteiger partial charge in [0.1, 0.15) is 0 Å². The molecule has 1 heteroatoms. The first kappa shape index (κ1) is 5.67. The maximum atomic E-state index is 11.1. The van der Waals surface area contributed by atoms with Crippen molar-refractivity contribution in [3.63, 3.8) is 0 Å². The molecular weight excluding hydrogens is 78.1 g/mol. The van der Waals surface area contributed by atoms with Crippen LogP contribution in [0.5, 0.6) is 0 Å². The molecule has 0 aliphatic heterocycles. The molecule has 6 heavy (non-hydrogen) atoms. The van der Waals surface area contributed by atoms with E-state index < -0.39 is 0 Å². The molecule has 0 aromatic rings. The van der Waals surface area contributed by atoms with Gasteiger partial charge in [-0.2, -0.15) is 0 Å². The third-order valence-electron chi connectivity index (χ3n) is 0.542. The van der Waals surface area contributed by atoms with E-state index in [1.165, 1.54) is 0 Å². The predicted molar refractivity (Wildman–Crippen MR) is 25.4 cm³/mol. The van der Waals surface area contributed by atoms with Gasteiger partial charge in [0.05, 0.1) is 6.67 Å². The lowest BCUT2D eigenvalue weighted by Crippen LogP contribution is -1.69. The van der Waals surface area contributed by atoms with Crippen LogP contribution in [0.2, 0.25) is 0 Å². The van der Waals surface area contributed by atoms with Crippen LogP contribution in [0.3, 0.4) is 0 Å². The van der Waals surface area contributed by atoms with E-state index in [0.29, 0.717) is 6.42 Å². The van der Waals surface area contributed by atoms with Crippen LogP contribution in [0, 0.1) is 0 Å². The lowest BCUT2D eigenvalue weighted by molar-refractivity contribution is 0.476. The Kier molecular flexibility index (Phi) is 4.41. The van der Waals surface area contributed by atoms with Gasteiger partial charge in [0.25, 0.3) is 0 Å². The van der Waals surface area contributed by atoms with Crippen molar-refractivity contribution < 1.29 is 4.39 Å². The van der Waals surface area contributed by atoms with Crippen molar-refractivity contribution in [2.24, 2.45) is 0 Å². The summed E-state index contributed by atoms with van der Waals surface area (Å²) in [5.74, 6) is 0. The van der Waals surface area contributed by atoms with Gasteiger partial charge in [0, 0.05) is 0 Å². The highest BCUT2D eigenvalue weighted by Gasteiger charge is 1.74. The van der Waals surface area contributed by atoms with Crippen molar-refractivity contribution in [1.29, 1.82) is 0 Å². The molecule has 36 valence electrons. The lowest BCUT2D eigenvalue weighted by Gasteiger charge is -1.79. The molecule has 0 aliphatic rings. The van der Waals surface area contributed by atoms with E-state index in [4.69, 9.17) is 0 Å². The van der Waals surface area contributed by atoms with Crippen LogP contribution in [0.15, 0.2) is 12.7 Å². The zero-order valence-electron chi connectivity index (χ0n) is 3.78. The van der Waals surface area contributed by atoms with Crippen LogP contribution in [0.25, 0.3) is 0 Å². The molecule has 0 heterocycles. The predicted octanol–water partition coefficient (Wildman–Crippen LogP) is 1.92. The summed E-state index contributed by atoms with van der Waals surface area (Å²) < 4.78 is 11.1. The van der Waals surface area contributed by atoms with Crippen LogP contribution in [-0.2, 0) is 0 Å². The molecule has 0 unspecified atom stereocenters. The molecule has 0 aliphatic carbocycles. The number of allylic oxidation sites excluding steroid dienone is 1. The van der Waals surface area contributed by atoms with E-state index >= 15 is 0 Å². The number of alkyl halides is 1. The van der Waals surface area contributed by atoms with Gasteiger partial charge in [-0.05, 0) is 12.8 Å². The lowest BCUT2D eigenvalue weighted by atomic mass is 10.3. The van der Waals surface area contributed by atoms with Crippen molar-refractivity contribution in [2.75, 3.05) is 6.67 Å². The second kappa shape index (κ2) is 4.67. The minimum atomic E-state index is -0.216. The van der Waals surface area contributed by atoms with Crippen molar-refractivity contribution >= 4 is 0 Å². The van der Waals surface area contributed by atoms with Gasteiger partial charge in [-0.3, -0.25) is 4.39 Å². The molecule has 0 rings (SSSR count). The first-order chi connectivity index (χ1) is 2.91. The van der Waals surface area contributed by atoms with E-state index in [1.807, 2.05) is 0 Å². The van der Waals surface area contributed by atoms with Crippen LogP contribution < -0.4 is 0 Å². The topological polar surface area (TPSA) is 0 Å². The average Bonchev–Trinajstić information content (AvgIpc) is 1.61. The summed E-state index contributed by atoms with van der Waals surface area (Å²) in [5.41, 5.74) is 0. The van der Waals surface area contributed by atoms with Gasteiger partial charge in [-0.1, -0.05) is 6.08 Å². The van der Waals surface area contributed by atoms with Gasteiger partial charge < -0.3 is 0 Å². The summed E-state index contributed by atoms with van der Waals surface area (Å²) in [4.78, 5) is 0. The van der Waals surface area contributed by atoms with Crippen molar-refractivity contribution in [3.05, 3.63) is 12.7 Å². The van der Waals surface area contributed by atoms with Gasteiger partial charge >= 0.3 is 0 Å². The molecule has 0 amide bonds. The molecule has 0 aromatic heterocycles. The fourth-order valence-corrected chi connectivity index (χ4v) is 0.221. The van der Waals surface area contributed by atoms with E-state index in [9.17, 15) is 4.39 Å². The summed E-state index contributed by atoms with van der Waals surface area (Å²) >= 11 is 0. The van der Waals surface area contributed by atoms with Crippen molar-refractivity contribution in [2.45, 2.75) is 12.8 Å². The largest absolute Gasteiger partial charge is 0.251 e. The van der Waals surface area contributed by atoms with Gasteiger partial charge in [-0.25, -0.2) is 0 Å². The quantitative estimate of drug-likeness (QED) is 0.364. The Bertz CT molecular complexity index is 32.9. The number of rotatable bonds is 3. The Hall–Kier alpha value is -0.330. The van der Waals surface area contributed by atoms with Crippen LogP contribution in [-0.4, -0.2) is 6.67 Å². The fourth-order valence-electron chi connectivity index (χ4n) is 0.221. The van der Waals surface area contributed by atoms with E-state index in [-0.39, 0.29) is 6.67 Å². The smallest absolute Gasteiger partial charge is 0.0897 e. The molecular formula is C5H9F. The van der Waals surface area contributed by atoms with Gasteiger partial charge in [-0.15, -0.1) is 6.58 Å². The highest BCUT2D eigenvalue weighted by molar-refractivity contribution is 4.64. The molecule has 0 saturated heterocycles. The maximum Gasteiger partial charge on any atom is 0.0897 e. The molecule has 0 spiro atoms. The number of hydrogen-bond acceptors (Lipinski definition) is 0.